The Hall–Kier alpha value is -1.75. The van der Waals surface area contributed by atoms with E-state index >= 15 is 0 Å². The van der Waals surface area contributed by atoms with Crippen LogP contribution in [0, 0.1) is 5.92 Å². The summed E-state index contributed by atoms with van der Waals surface area (Å²) in [4.78, 5) is 25.7. The zero-order valence-electron chi connectivity index (χ0n) is 12.7. The third-order valence-corrected chi connectivity index (χ3v) is 3.90. The van der Waals surface area contributed by atoms with Crippen LogP contribution in [0.1, 0.15) is 25.3 Å². The topological polar surface area (TPSA) is 58.6 Å². The summed E-state index contributed by atoms with van der Waals surface area (Å²) in [5.41, 5.74) is 0.944. The normalized spacial score (nSPS) is 17.9. The molecule has 0 bridgehead atoms. The van der Waals surface area contributed by atoms with Gasteiger partial charge in [0.05, 0.1) is 12.5 Å². The van der Waals surface area contributed by atoms with Gasteiger partial charge in [-0.25, -0.2) is 4.79 Å². The Labute approximate surface area is 135 Å². The first-order chi connectivity index (χ1) is 10.6. The molecular weight excluding hydrogens is 304 g/mol. The lowest BCUT2D eigenvalue weighted by molar-refractivity contribution is -0.149. The van der Waals surface area contributed by atoms with Gasteiger partial charge in [-0.1, -0.05) is 23.7 Å². The number of carbonyl (C=O) groups is 2. The number of piperidine rings is 1. The number of ether oxygens (including phenoxy) is 1. The summed E-state index contributed by atoms with van der Waals surface area (Å²) in [7, 11) is 0. The Morgan fingerprint density at radius 3 is 3.00 bits per heavy atom. The van der Waals surface area contributed by atoms with Crippen LogP contribution in [0.4, 0.5) is 4.79 Å². The van der Waals surface area contributed by atoms with E-state index in [2.05, 4.69) is 5.32 Å². The SMILES string of the molecule is CCOC(=O)C1CCCN(C(=O)NCc2cccc(Cl)c2)C1. The number of nitrogens with zero attached hydrogens (tertiary/aromatic N) is 1. The largest absolute Gasteiger partial charge is 0.466 e. The molecule has 1 atom stereocenters. The summed E-state index contributed by atoms with van der Waals surface area (Å²) in [6.07, 6.45) is 1.59. The van der Waals surface area contributed by atoms with E-state index in [0.29, 0.717) is 31.3 Å². The summed E-state index contributed by atoms with van der Waals surface area (Å²) in [5, 5.41) is 3.51. The van der Waals surface area contributed by atoms with Crippen molar-refractivity contribution in [2.45, 2.75) is 26.3 Å². The number of benzene rings is 1. The fraction of sp³-hybridized carbons (Fsp3) is 0.500. The van der Waals surface area contributed by atoms with Crippen LogP contribution < -0.4 is 5.32 Å². The van der Waals surface area contributed by atoms with E-state index in [1.54, 1.807) is 17.9 Å². The average Bonchev–Trinajstić information content (AvgIpc) is 2.53. The van der Waals surface area contributed by atoms with Gasteiger partial charge in [-0.3, -0.25) is 4.79 Å². The number of carbonyl (C=O) groups excluding carboxylic acids is 2. The lowest BCUT2D eigenvalue weighted by Crippen LogP contribution is -2.47. The molecule has 1 fully saturated rings. The second-order valence-corrected chi connectivity index (χ2v) is 5.76. The van der Waals surface area contributed by atoms with Gasteiger partial charge in [0.2, 0.25) is 0 Å². The number of urea groups is 1. The van der Waals surface area contributed by atoms with Gasteiger partial charge in [0, 0.05) is 24.7 Å². The van der Waals surface area contributed by atoms with Gasteiger partial charge in [-0.05, 0) is 37.5 Å². The first kappa shape index (κ1) is 16.6. The highest BCUT2D eigenvalue weighted by Crippen LogP contribution is 2.18. The number of nitrogens with one attached hydrogen (secondary N) is 1. The van der Waals surface area contributed by atoms with E-state index < -0.39 is 0 Å². The molecule has 0 saturated carbocycles. The van der Waals surface area contributed by atoms with Gasteiger partial charge in [-0.15, -0.1) is 0 Å². The van der Waals surface area contributed by atoms with Gasteiger partial charge in [0.25, 0.3) is 0 Å². The van der Waals surface area contributed by atoms with E-state index in [0.717, 1.165) is 18.4 Å². The van der Waals surface area contributed by atoms with Gasteiger partial charge >= 0.3 is 12.0 Å². The molecule has 1 aromatic carbocycles. The maximum Gasteiger partial charge on any atom is 0.317 e. The Balaban J connectivity index is 1.85. The van der Waals surface area contributed by atoms with Crippen molar-refractivity contribution in [3.63, 3.8) is 0 Å². The molecule has 0 aromatic heterocycles. The fourth-order valence-electron chi connectivity index (χ4n) is 2.55. The fourth-order valence-corrected chi connectivity index (χ4v) is 2.76. The van der Waals surface area contributed by atoms with Crippen LogP contribution in [0.3, 0.4) is 0 Å². The van der Waals surface area contributed by atoms with E-state index in [4.69, 9.17) is 16.3 Å². The summed E-state index contributed by atoms with van der Waals surface area (Å²) < 4.78 is 5.04. The number of rotatable bonds is 4. The third kappa shape index (κ3) is 4.63. The average molecular weight is 325 g/mol. The molecule has 120 valence electrons. The number of likely N-dealkylation sites (tertiary alicyclic amines) is 1. The molecule has 2 amide bonds. The van der Waals surface area contributed by atoms with Crippen LogP contribution in [-0.4, -0.2) is 36.6 Å². The highest BCUT2D eigenvalue weighted by atomic mass is 35.5. The van der Waals surface area contributed by atoms with Crippen molar-refractivity contribution in [3.8, 4) is 0 Å². The quantitative estimate of drug-likeness (QED) is 0.866. The van der Waals surface area contributed by atoms with Crippen LogP contribution in [0.2, 0.25) is 5.02 Å². The van der Waals surface area contributed by atoms with E-state index in [1.165, 1.54) is 0 Å². The van der Waals surface area contributed by atoms with Crippen molar-refractivity contribution in [3.05, 3.63) is 34.9 Å². The maximum atomic E-state index is 12.2. The Morgan fingerprint density at radius 1 is 1.45 bits per heavy atom. The molecule has 0 spiro atoms. The minimum Gasteiger partial charge on any atom is -0.466 e. The predicted octanol–water partition coefficient (Wildman–Crippen LogP) is 2.82. The molecule has 5 nitrogen and oxygen atoms in total. The van der Waals surface area contributed by atoms with Gasteiger partial charge in [-0.2, -0.15) is 0 Å². The molecule has 1 heterocycles. The van der Waals surface area contributed by atoms with E-state index in [9.17, 15) is 9.59 Å². The Bertz CT molecular complexity index is 536. The van der Waals surface area contributed by atoms with E-state index in [1.807, 2.05) is 18.2 Å². The summed E-state index contributed by atoms with van der Waals surface area (Å²) in [6, 6.07) is 7.21. The molecule has 1 aliphatic heterocycles. The zero-order chi connectivity index (χ0) is 15.9. The van der Waals surface area contributed by atoms with Crippen LogP contribution in [-0.2, 0) is 16.1 Å². The molecule has 1 saturated heterocycles. The molecule has 0 aliphatic carbocycles. The third-order valence-electron chi connectivity index (χ3n) is 3.66. The smallest absolute Gasteiger partial charge is 0.317 e. The van der Waals surface area contributed by atoms with Gasteiger partial charge < -0.3 is 15.0 Å². The van der Waals surface area contributed by atoms with Crippen molar-refractivity contribution in [1.82, 2.24) is 10.2 Å². The molecule has 1 aromatic rings. The number of halogens is 1. The highest BCUT2D eigenvalue weighted by Gasteiger charge is 2.29. The van der Waals surface area contributed by atoms with Crippen molar-refractivity contribution in [2.75, 3.05) is 19.7 Å². The standard InChI is InChI=1S/C16H21ClN2O3/c1-2-22-15(20)13-6-4-8-19(11-13)16(21)18-10-12-5-3-7-14(17)9-12/h3,5,7,9,13H,2,4,6,8,10-11H2,1H3,(H,18,21). The lowest BCUT2D eigenvalue weighted by atomic mass is 9.98. The van der Waals surface area contributed by atoms with Crippen LogP contribution >= 0.6 is 11.6 Å². The minimum atomic E-state index is -0.217. The van der Waals surface area contributed by atoms with Crippen LogP contribution in [0.15, 0.2) is 24.3 Å². The number of hydrogen-bond acceptors (Lipinski definition) is 3. The molecule has 22 heavy (non-hydrogen) atoms. The Morgan fingerprint density at radius 2 is 2.27 bits per heavy atom. The molecule has 0 radical (unpaired) electrons. The maximum absolute atomic E-state index is 12.2. The van der Waals surface area contributed by atoms with Gasteiger partial charge in [0.1, 0.15) is 0 Å². The summed E-state index contributed by atoms with van der Waals surface area (Å²) >= 11 is 5.92. The summed E-state index contributed by atoms with van der Waals surface area (Å²) in [6.45, 7) is 3.66. The number of amides is 2. The second-order valence-electron chi connectivity index (χ2n) is 5.33. The predicted molar refractivity (Wildman–Crippen MR) is 84.6 cm³/mol. The monoisotopic (exact) mass is 324 g/mol. The number of hydrogen-bond donors (Lipinski definition) is 1. The van der Waals surface area contributed by atoms with Crippen molar-refractivity contribution < 1.29 is 14.3 Å². The Kier molecular flexibility index (Phi) is 6.07. The van der Waals surface area contributed by atoms with Crippen molar-refractivity contribution >= 4 is 23.6 Å². The van der Waals surface area contributed by atoms with Crippen molar-refractivity contribution in [1.29, 1.82) is 0 Å². The lowest BCUT2D eigenvalue weighted by Gasteiger charge is -2.31. The first-order valence-electron chi connectivity index (χ1n) is 7.54. The van der Waals surface area contributed by atoms with Gasteiger partial charge in [0.15, 0.2) is 0 Å². The summed E-state index contributed by atoms with van der Waals surface area (Å²) in [5.74, 6) is -0.430. The van der Waals surface area contributed by atoms with Crippen LogP contribution in [0.25, 0.3) is 0 Å². The van der Waals surface area contributed by atoms with E-state index in [-0.39, 0.29) is 17.9 Å². The van der Waals surface area contributed by atoms with Crippen LogP contribution in [0.5, 0.6) is 0 Å². The molecule has 1 aliphatic rings. The first-order valence-corrected chi connectivity index (χ1v) is 7.91. The zero-order valence-corrected chi connectivity index (χ0v) is 13.4. The minimum absolute atomic E-state index is 0.158. The molecule has 2 rings (SSSR count). The molecule has 1 N–H and O–H groups in total. The second kappa shape index (κ2) is 8.03. The molecule has 6 heteroatoms. The molecular formula is C16H21ClN2O3. The number of esters is 1. The molecule has 1 unspecified atom stereocenters. The van der Waals surface area contributed by atoms with Crippen molar-refractivity contribution in [2.24, 2.45) is 5.92 Å². The highest BCUT2D eigenvalue weighted by molar-refractivity contribution is 6.30.